The second-order valence-corrected chi connectivity index (χ2v) is 6.40. The molecular weight excluding hydrogens is 322 g/mol. The number of hydrogen-bond donors (Lipinski definition) is 1. The molecule has 6 heteroatoms. The highest BCUT2D eigenvalue weighted by Gasteiger charge is 2.29. The molecule has 1 atom stereocenters. The van der Waals surface area contributed by atoms with Crippen LogP contribution < -0.4 is 5.32 Å². The van der Waals surface area contributed by atoms with E-state index in [0.29, 0.717) is 57.3 Å². The summed E-state index contributed by atoms with van der Waals surface area (Å²) in [5.41, 5.74) is 1.13. The van der Waals surface area contributed by atoms with Gasteiger partial charge >= 0.3 is 0 Å². The summed E-state index contributed by atoms with van der Waals surface area (Å²) in [5.74, 6) is 0.0897. The standard InChI is InChI=1S/C19H25NO5/c1-3-22-12-15-14-6-4-5-7-16(14)25-17(15)18(21)20-9-8-19(2)13-23-10-11-24-19/h4-7H,3,8-13H2,1-2H3,(H,20,21). The van der Waals surface area contributed by atoms with E-state index < -0.39 is 0 Å². The molecule has 1 aromatic carbocycles. The summed E-state index contributed by atoms with van der Waals surface area (Å²) >= 11 is 0. The summed E-state index contributed by atoms with van der Waals surface area (Å²) in [5, 5.41) is 3.84. The molecule has 1 fully saturated rings. The number of para-hydroxylation sites is 1. The molecule has 2 heterocycles. The van der Waals surface area contributed by atoms with Crippen LogP contribution in [0.4, 0.5) is 0 Å². The van der Waals surface area contributed by atoms with Crippen LogP contribution >= 0.6 is 0 Å². The predicted octanol–water partition coefficient (Wildman–Crippen LogP) is 2.89. The van der Waals surface area contributed by atoms with Gasteiger partial charge < -0.3 is 23.9 Å². The van der Waals surface area contributed by atoms with Crippen LogP contribution in [0.2, 0.25) is 0 Å². The van der Waals surface area contributed by atoms with E-state index >= 15 is 0 Å². The molecule has 25 heavy (non-hydrogen) atoms. The monoisotopic (exact) mass is 347 g/mol. The Balaban J connectivity index is 1.68. The zero-order valence-corrected chi connectivity index (χ0v) is 14.8. The fraction of sp³-hybridized carbons (Fsp3) is 0.526. The first-order valence-electron chi connectivity index (χ1n) is 8.71. The fourth-order valence-electron chi connectivity index (χ4n) is 2.97. The Morgan fingerprint density at radius 2 is 2.16 bits per heavy atom. The second-order valence-electron chi connectivity index (χ2n) is 6.40. The number of amides is 1. The minimum atomic E-state index is -0.354. The first kappa shape index (κ1) is 17.9. The lowest BCUT2D eigenvalue weighted by Crippen LogP contribution is -2.43. The Kier molecular flexibility index (Phi) is 5.73. The van der Waals surface area contributed by atoms with Crippen LogP contribution in [0, 0.1) is 0 Å². The molecule has 0 saturated carbocycles. The van der Waals surface area contributed by atoms with Gasteiger partial charge in [0.1, 0.15) is 5.58 Å². The van der Waals surface area contributed by atoms with Crippen molar-refractivity contribution in [1.82, 2.24) is 5.32 Å². The third kappa shape index (κ3) is 4.21. The highest BCUT2D eigenvalue weighted by molar-refractivity contribution is 5.99. The molecule has 0 radical (unpaired) electrons. The van der Waals surface area contributed by atoms with Crippen molar-refractivity contribution in [3.63, 3.8) is 0 Å². The molecule has 1 aliphatic rings. The molecule has 1 unspecified atom stereocenters. The van der Waals surface area contributed by atoms with E-state index in [4.69, 9.17) is 18.6 Å². The number of carbonyl (C=O) groups excluding carboxylic acids is 1. The van der Waals surface area contributed by atoms with Gasteiger partial charge in [-0.2, -0.15) is 0 Å². The predicted molar refractivity (Wildman–Crippen MR) is 93.7 cm³/mol. The molecule has 6 nitrogen and oxygen atoms in total. The third-order valence-corrected chi connectivity index (χ3v) is 4.38. The van der Waals surface area contributed by atoms with Crippen LogP contribution in [-0.4, -0.2) is 44.5 Å². The first-order chi connectivity index (χ1) is 12.1. The molecule has 0 aliphatic carbocycles. The average Bonchev–Trinajstić information content (AvgIpc) is 2.99. The van der Waals surface area contributed by atoms with Gasteiger partial charge in [-0.3, -0.25) is 4.79 Å². The lowest BCUT2D eigenvalue weighted by molar-refractivity contribution is -0.149. The van der Waals surface area contributed by atoms with Crippen LogP contribution in [-0.2, 0) is 20.8 Å². The van der Waals surface area contributed by atoms with Gasteiger partial charge in [-0.1, -0.05) is 18.2 Å². The summed E-state index contributed by atoms with van der Waals surface area (Å²) in [7, 11) is 0. The normalized spacial score (nSPS) is 20.7. The van der Waals surface area contributed by atoms with E-state index in [0.717, 1.165) is 10.9 Å². The highest BCUT2D eigenvalue weighted by Crippen LogP contribution is 2.27. The van der Waals surface area contributed by atoms with Gasteiger partial charge in [-0.15, -0.1) is 0 Å². The third-order valence-electron chi connectivity index (χ3n) is 4.38. The summed E-state index contributed by atoms with van der Waals surface area (Å²) in [4.78, 5) is 12.6. The van der Waals surface area contributed by atoms with Gasteiger partial charge in [-0.25, -0.2) is 0 Å². The molecule has 136 valence electrons. The van der Waals surface area contributed by atoms with Gasteiger partial charge in [0.05, 0.1) is 32.0 Å². The number of furan rings is 1. The maximum atomic E-state index is 12.6. The van der Waals surface area contributed by atoms with Gasteiger partial charge in [0.25, 0.3) is 5.91 Å². The number of rotatable bonds is 7. The van der Waals surface area contributed by atoms with Crippen LogP contribution in [0.15, 0.2) is 28.7 Å². The molecule has 0 spiro atoms. The molecule has 1 aromatic heterocycles. The van der Waals surface area contributed by atoms with Crippen molar-refractivity contribution in [2.45, 2.75) is 32.5 Å². The minimum Gasteiger partial charge on any atom is -0.451 e. The zero-order valence-electron chi connectivity index (χ0n) is 14.8. The van der Waals surface area contributed by atoms with E-state index in [9.17, 15) is 4.79 Å². The molecule has 1 amide bonds. The van der Waals surface area contributed by atoms with Crippen molar-refractivity contribution >= 4 is 16.9 Å². The quantitative estimate of drug-likeness (QED) is 0.834. The highest BCUT2D eigenvalue weighted by atomic mass is 16.6. The van der Waals surface area contributed by atoms with Gasteiger partial charge in [0.15, 0.2) is 5.76 Å². The van der Waals surface area contributed by atoms with Gasteiger partial charge in [0.2, 0.25) is 0 Å². The molecule has 0 bridgehead atoms. The van der Waals surface area contributed by atoms with Crippen molar-refractivity contribution in [2.24, 2.45) is 0 Å². The summed E-state index contributed by atoms with van der Waals surface area (Å²) in [6, 6.07) is 7.61. The Morgan fingerprint density at radius 1 is 1.32 bits per heavy atom. The summed E-state index contributed by atoms with van der Waals surface area (Å²) in [6.07, 6.45) is 0.680. The van der Waals surface area contributed by atoms with Crippen LogP contribution in [0.5, 0.6) is 0 Å². The van der Waals surface area contributed by atoms with Gasteiger partial charge in [0, 0.05) is 24.1 Å². The zero-order chi connectivity index (χ0) is 17.7. The lowest BCUT2D eigenvalue weighted by atomic mass is 10.0. The average molecular weight is 347 g/mol. The van der Waals surface area contributed by atoms with Crippen molar-refractivity contribution < 1.29 is 23.4 Å². The van der Waals surface area contributed by atoms with E-state index in [-0.39, 0.29) is 11.5 Å². The largest absolute Gasteiger partial charge is 0.451 e. The van der Waals surface area contributed by atoms with Crippen LogP contribution in [0.25, 0.3) is 11.0 Å². The number of ether oxygens (including phenoxy) is 3. The lowest BCUT2D eigenvalue weighted by Gasteiger charge is -2.33. The maximum Gasteiger partial charge on any atom is 0.287 e. The van der Waals surface area contributed by atoms with Crippen LogP contribution in [0.1, 0.15) is 36.4 Å². The molecule has 1 saturated heterocycles. The van der Waals surface area contributed by atoms with Crippen molar-refractivity contribution in [3.05, 3.63) is 35.6 Å². The molecule has 1 aliphatic heterocycles. The Bertz CT molecular complexity index is 718. The second kappa shape index (κ2) is 7.99. The molecular formula is C19H25NO5. The van der Waals surface area contributed by atoms with Crippen molar-refractivity contribution in [3.8, 4) is 0 Å². The van der Waals surface area contributed by atoms with E-state index in [1.54, 1.807) is 0 Å². The number of benzene rings is 1. The topological polar surface area (TPSA) is 69.9 Å². The molecule has 2 aromatic rings. The Hall–Kier alpha value is -1.89. The van der Waals surface area contributed by atoms with E-state index in [1.165, 1.54) is 0 Å². The molecule has 3 rings (SSSR count). The maximum absolute atomic E-state index is 12.6. The van der Waals surface area contributed by atoms with Crippen molar-refractivity contribution in [2.75, 3.05) is 33.0 Å². The van der Waals surface area contributed by atoms with Gasteiger partial charge in [-0.05, 0) is 26.3 Å². The SMILES string of the molecule is CCOCc1c(C(=O)NCCC2(C)COCCO2)oc2ccccc12. The smallest absolute Gasteiger partial charge is 0.287 e. The van der Waals surface area contributed by atoms with E-state index in [1.807, 2.05) is 38.1 Å². The first-order valence-corrected chi connectivity index (χ1v) is 8.71. The van der Waals surface area contributed by atoms with E-state index in [2.05, 4.69) is 5.32 Å². The number of fused-ring (bicyclic) bond motifs is 1. The number of carbonyl (C=O) groups is 1. The Morgan fingerprint density at radius 3 is 2.92 bits per heavy atom. The number of hydrogen-bond acceptors (Lipinski definition) is 5. The summed E-state index contributed by atoms with van der Waals surface area (Å²) in [6.45, 7) is 7.11. The Labute approximate surface area is 147 Å². The van der Waals surface area contributed by atoms with Crippen LogP contribution in [0.3, 0.4) is 0 Å². The minimum absolute atomic E-state index is 0.230. The fourth-order valence-corrected chi connectivity index (χ4v) is 2.97. The number of nitrogens with one attached hydrogen (secondary N) is 1. The molecule has 1 N–H and O–H groups in total. The van der Waals surface area contributed by atoms with Crippen molar-refractivity contribution in [1.29, 1.82) is 0 Å². The summed E-state index contributed by atoms with van der Waals surface area (Å²) < 4.78 is 22.5.